The molecule has 0 rings (SSSR count). The molecule has 0 aliphatic rings. The number of nitrogens with one attached hydrogen (secondary N) is 2. The van der Waals surface area contributed by atoms with E-state index >= 15 is 0 Å². The van der Waals surface area contributed by atoms with Gasteiger partial charge in [-0.15, -0.1) is 0 Å². The summed E-state index contributed by atoms with van der Waals surface area (Å²) in [5.41, 5.74) is 0. The Bertz CT molecular complexity index is 317. The molecule has 0 saturated heterocycles. The van der Waals surface area contributed by atoms with Crippen LogP contribution in [0.1, 0.15) is 13.8 Å². The van der Waals surface area contributed by atoms with Crippen molar-refractivity contribution in [3.8, 4) is 0 Å². The van der Waals surface area contributed by atoms with Gasteiger partial charge in [-0.2, -0.15) is 0 Å². The molecular formula is C12H25N5O2. The molecule has 0 aliphatic carbocycles. The number of guanidine groups is 1. The molecule has 2 N–H and O–H groups in total. The van der Waals surface area contributed by atoms with Crippen LogP contribution in [-0.4, -0.2) is 70.0 Å². The maximum atomic E-state index is 11.2. The van der Waals surface area contributed by atoms with Crippen molar-refractivity contribution in [2.75, 3.05) is 40.9 Å². The van der Waals surface area contributed by atoms with Gasteiger partial charge in [-0.25, -0.2) is 9.98 Å². The molecule has 0 fully saturated rings. The molecule has 19 heavy (non-hydrogen) atoms. The third kappa shape index (κ3) is 8.28. The number of hydrogen-bond acceptors (Lipinski definition) is 4. The van der Waals surface area contributed by atoms with E-state index in [4.69, 9.17) is 4.74 Å². The predicted molar refractivity (Wildman–Crippen MR) is 77.6 cm³/mol. The molecule has 0 aliphatic heterocycles. The van der Waals surface area contributed by atoms with E-state index < -0.39 is 0 Å². The Morgan fingerprint density at radius 2 is 2.21 bits per heavy atom. The first-order valence-electron chi connectivity index (χ1n) is 6.32. The normalized spacial score (nSPS) is 13.6. The molecule has 0 aromatic carbocycles. The molecule has 0 radical (unpaired) electrons. The van der Waals surface area contributed by atoms with Gasteiger partial charge in [-0.3, -0.25) is 10.1 Å². The van der Waals surface area contributed by atoms with Crippen molar-refractivity contribution in [3.05, 3.63) is 0 Å². The van der Waals surface area contributed by atoms with Crippen molar-refractivity contribution in [1.82, 2.24) is 15.5 Å². The smallest absolute Gasteiger partial charge is 0.262 e. The minimum absolute atomic E-state index is 0.0963. The second-order valence-corrected chi connectivity index (χ2v) is 3.94. The molecule has 1 atom stereocenters. The molecule has 0 aromatic rings. The quantitative estimate of drug-likeness (QED) is 0.378. The highest BCUT2D eigenvalue weighted by molar-refractivity contribution is 6.28. The minimum atomic E-state index is -0.253. The number of nitrogens with zero attached hydrogens (tertiary/aromatic N) is 3. The Kier molecular flexibility index (Phi) is 9.64. The fourth-order valence-corrected chi connectivity index (χ4v) is 1.14. The maximum Gasteiger partial charge on any atom is 0.262 e. The van der Waals surface area contributed by atoms with Crippen molar-refractivity contribution in [1.29, 1.82) is 0 Å². The van der Waals surface area contributed by atoms with Gasteiger partial charge in [-0.1, -0.05) is 0 Å². The van der Waals surface area contributed by atoms with Crippen LogP contribution in [0.3, 0.4) is 0 Å². The first-order valence-corrected chi connectivity index (χ1v) is 6.32. The summed E-state index contributed by atoms with van der Waals surface area (Å²) in [6.45, 7) is 6.01. The van der Waals surface area contributed by atoms with Crippen molar-refractivity contribution in [2.45, 2.75) is 20.0 Å². The van der Waals surface area contributed by atoms with Gasteiger partial charge in [-0.05, 0) is 13.8 Å². The molecule has 7 nitrogen and oxygen atoms in total. The van der Waals surface area contributed by atoms with Crippen molar-refractivity contribution >= 4 is 18.1 Å². The zero-order valence-corrected chi connectivity index (χ0v) is 12.4. The van der Waals surface area contributed by atoms with Crippen LogP contribution in [0.25, 0.3) is 0 Å². The summed E-state index contributed by atoms with van der Waals surface area (Å²) in [6, 6.07) is 0. The van der Waals surface area contributed by atoms with Gasteiger partial charge in [0.15, 0.2) is 0 Å². The fraction of sp³-hybridized carbons (Fsp3) is 0.750. The third-order valence-corrected chi connectivity index (χ3v) is 2.41. The van der Waals surface area contributed by atoms with E-state index in [1.807, 2.05) is 25.8 Å². The number of hydrogen-bond donors (Lipinski definition) is 2. The van der Waals surface area contributed by atoms with Gasteiger partial charge in [0.2, 0.25) is 5.96 Å². The van der Waals surface area contributed by atoms with Crippen molar-refractivity contribution in [2.24, 2.45) is 9.98 Å². The number of carbonyl (C=O) groups is 1. The molecule has 1 amide bonds. The Labute approximate surface area is 115 Å². The van der Waals surface area contributed by atoms with Gasteiger partial charge in [0.1, 0.15) is 6.17 Å². The van der Waals surface area contributed by atoms with Crippen LogP contribution in [0, 0.1) is 0 Å². The van der Waals surface area contributed by atoms with Gasteiger partial charge in [0.25, 0.3) is 5.91 Å². The number of ether oxygens (including phenoxy) is 1. The van der Waals surface area contributed by atoms with Crippen LogP contribution in [0.5, 0.6) is 0 Å². The number of rotatable bonds is 7. The van der Waals surface area contributed by atoms with Crippen LogP contribution in [0.4, 0.5) is 0 Å². The van der Waals surface area contributed by atoms with Crippen LogP contribution in [-0.2, 0) is 9.53 Å². The summed E-state index contributed by atoms with van der Waals surface area (Å²) in [4.78, 5) is 21.6. The average Bonchev–Trinajstić information content (AvgIpc) is 2.42. The topological polar surface area (TPSA) is 78.3 Å². The molecule has 0 spiro atoms. The number of carbonyl (C=O) groups excluding carboxylic acids is 1. The fourth-order valence-electron chi connectivity index (χ4n) is 1.14. The summed E-state index contributed by atoms with van der Waals surface area (Å²) < 4.78 is 4.96. The van der Waals surface area contributed by atoms with Crippen LogP contribution >= 0.6 is 0 Å². The van der Waals surface area contributed by atoms with E-state index in [9.17, 15) is 4.79 Å². The second kappa shape index (κ2) is 10.5. The molecule has 0 saturated carbocycles. The van der Waals surface area contributed by atoms with E-state index in [0.29, 0.717) is 19.1 Å². The lowest BCUT2D eigenvalue weighted by Gasteiger charge is -2.18. The Hall–Kier alpha value is -1.47. The second-order valence-electron chi connectivity index (χ2n) is 3.94. The SMILES string of the molecule is CCN(C)C(=N/C(C)NCCOC)/N=C/C(=O)NC. The predicted octanol–water partition coefficient (Wildman–Crippen LogP) is -0.307. The average molecular weight is 271 g/mol. The molecule has 0 heterocycles. The standard InChI is InChI=1S/C12H25N5O2/c1-6-17(4)12(15-9-11(18)13-3)16-10(2)14-7-8-19-5/h9-10,14H,6-8H2,1-5H3,(H,13,18)/b15-9+,16-12+. The highest BCUT2D eigenvalue weighted by atomic mass is 16.5. The first-order chi connectivity index (χ1) is 9.04. The summed E-state index contributed by atoms with van der Waals surface area (Å²) in [5, 5.41) is 5.66. The lowest BCUT2D eigenvalue weighted by Crippen LogP contribution is -2.33. The Morgan fingerprint density at radius 1 is 1.53 bits per heavy atom. The zero-order valence-electron chi connectivity index (χ0n) is 12.4. The summed E-state index contributed by atoms with van der Waals surface area (Å²) in [6.07, 6.45) is 1.13. The Morgan fingerprint density at radius 3 is 2.74 bits per heavy atom. The first kappa shape index (κ1) is 17.5. The van der Waals surface area contributed by atoms with Gasteiger partial charge < -0.3 is 15.0 Å². The lowest BCUT2D eigenvalue weighted by atomic mass is 10.5. The summed E-state index contributed by atoms with van der Waals surface area (Å²) in [5.74, 6) is 0.265. The van der Waals surface area contributed by atoms with Crippen molar-refractivity contribution in [3.63, 3.8) is 0 Å². The largest absolute Gasteiger partial charge is 0.383 e. The van der Waals surface area contributed by atoms with E-state index in [1.165, 1.54) is 6.21 Å². The van der Waals surface area contributed by atoms with E-state index in [-0.39, 0.29) is 12.1 Å². The molecular weight excluding hydrogens is 246 g/mol. The summed E-state index contributed by atoms with van der Waals surface area (Å²) in [7, 11) is 5.09. The number of aliphatic imine (C=N–C) groups is 2. The molecule has 1 unspecified atom stereocenters. The highest BCUT2D eigenvalue weighted by Crippen LogP contribution is 1.94. The molecule has 7 heteroatoms. The minimum Gasteiger partial charge on any atom is -0.383 e. The van der Waals surface area contributed by atoms with E-state index in [1.54, 1.807) is 14.2 Å². The number of amides is 1. The van der Waals surface area contributed by atoms with Gasteiger partial charge in [0, 0.05) is 34.3 Å². The van der Waals surface area contributed by atoms with E-state index in [2.05, 4.69) is 20.6 Å². The van der Waals surface area contributed by atoms with Crippen molar-refractivity contribution < 1.29 is 9.53 Å². The van der Waals surface area contributed by atoms with Crippen LogP contribution in [0.15, 0.2) is 9.98 Å². The van der Waals surface area contributed by atoms with Crippen LogP contribution in [0.2, 0.25) is 0 Å². The van der Waals surface area contributed by atoms with Crippen LogP contribution < -0.4 is 10.6 Å². The number of methoxy groups -OCH3 is 1. The van der Waals surface area contributed by atoms with E-state index in [0.717, 1.165) is 6.54 Å². The lowest BCUT2D eigenvalue weighted by molar-refractivity contribution is -0.113. The molecule has 0 aromatic heterocycles. The molecule has 110 valence electrons. The highest BCUT2D eigenvalue weighted by Gasteiger charge is 2.06. The summed E-state index contributed by atoms with van der Waals surface area (Å²) >= 11 is 0. The van der Waals surface area contributed by atoms with Gasteiger partial charge in [0.05, 0.1) is 12.8 Å². The zero-order chi connectivity index (χ0) is 14.7. The molecule has 0 bridgehead atoms. The third-order valence-electron chi connectivity index (χ3n) is 2.41. The monoisotopic (exact) mass is 271 g/mol. The Balaban J connectivity index is 4.64. The maximum absolute atomic E-state index is 11.2. The van der Waals surface area contributed by atoms with Gasteiger partial charge >= 0.3 is 0 Å².